The molecule has 4 rings (SSSR count). The maximum Gasteiger partial charge on any atom is 0.258 e. The molecular formula is C19H19N3O2S. The summed E-state index contributed by atoms with van der Waals surface area (Å²) >= 11 is 1.30. The molecule has 25 heavy (non-hydrogen) atoms. The van der Waals surface area contributed by atoms with Crippen molar-refractivity contribution in [1.29, 1.82) is 0 Å². The van der Waals surface area contributed by atoms with E-state index in [2.05, 4.69) is 33.5 Å². The van der Waals surface area contributed by atoms with E-state index in [0.717, 1.165) is 25.0 Å². The lowest BCUT2D eigenvalue weighted by atomic mass is 9.88. The first-order valence-electron chi connectivity index (χ1n) is 8.43. The molecule has 0 saturated carbocycles. The molecule has 0 saturated heterocycles. The molecule has 2 heterocycles. The van der Waals surface area contributed by atoms with Crippen LogP contribution in [0, 0.1) is 6.92 Å². The van der Waals surface area contributed by atoms with Gasteiger partial charge in [0.2, 0.25) is 5.91 Å². The zero-order valence-corrected chi connectivity index (χ0v) is 14.8. The van der Waals surface area contributed by atoms with E-state index in [1.165, 1.54) is 22.9 Å². The third-order valence-corrected chi connectivity index (χ3v) is 5.23. The quantitative estimate of drug-likeness (QED) is 0.722. The summed E-state index contributed by atoms with van der Waals surface area (Å²) in [5.74, 6) is 0.280. The van der Waals surface area contributed by atoms with Crippen molar-refractivity contribution in [2.24, 2.45) is 0 Å². The number of hydrogen-bond acceptors (Lipinski definition) is 5. The molecule has 0 radical (unpaired) electrons. The van der Waals surface area contributed by atoms with Crippen molar-refractivity contribution in [3.63, 3.8) is 0 Å². The number of oxazole rings is 1. The van der Waals surface area contributed by atoms with Gasteiger partial charge in [0.05, 0.1) is 11.8 Å². The fourth-order valence-corrected chi connectivity index (χ4v) is 3.86. The van der Waals surface area contributed by atoms with Gasteiger partial charge in [-0.3, -0.25) is 4.79 Å². The lowest BCUT2D eigenvalue weighted by Crippen LogP contribution is -2.32. The summed E-state index contributed by atoms with van der Waals surface area (Å²) in [4.78, 5) is 21.0. The predicted octanol–water partition coefficient (Wildman–Crippen LogP) is 3.82. The Hall–Kier alpha value is -2.34. The van der Waals surface area contributed by atoms with Crippen LogP contribution in [0.4, 0.5) is 0 Å². The molecule has 0 bridgehead atoms. The molecule has 0 fully saturated rings. The highest BCUT2D eigenvalue weighted by atomic mass is 32.2. The van der Waals surface area contributed by atoms with Crippen molar-refractivity contribution in [2.75, 3.05) is 5.75 Å². The molecule has 1 aromatic carbocycles. The molecule has 6 heteroatoms. The molecule has 0 aliphatic heterocycles. The molecule has 1 amide bonds. The average molecular weight is 353 g/mol. The van der Waals surface area contributed by atoms with Gasteiger partial charge in [0.1, 0.15) is 0 Å². The molecule has 0 unspecified atom stereocenters. The van der Waals surface area contributed by atoms with E-state index in [-0.39, 0.29) is 17.7 Å². The number of rotatable bonds is 4. The summed E-state index contributed by atoms with van der Waals surface area (Å²) in [7, 11) is 0. The highest BCUT2D eigenvalue weighted by Gasteiger charge is 2.21. The lowest BCUT2D eigenvalue weighted by Gasteiger charge is -2.26. The maximum atomic E-state index is 12.3. The first-order valence-corrected chi connectivity index (χ1v) is 9.42. The van der Waals surface area contributed by atoms with Crippen LogP contribution in [0.25, 0.3) is 11.2 Å². The van der Waals surface area contributed by atoms with Crippen molar-refractivity contribution in [1.82, 2.24) is 15.3 Å². The molecule has 0 spiro atoms. The van der Waals surface area contributed by atoms with Crippen molar-refractivity contribution in [2.45, 2.75) is 37.5 Å². The average Bonchev–Trinajstić information content (AvgIpc) is 3.02. The van der Waals surface area contributed by atoms with E-state index in [1.54, 1.807) is 0 Å². The normalized spacial score (nSPS) is 16.6. The minimum atomic E-state index is -0.00176. The molecule has 1 N–H and O–H groups in total. The number of aromatic nitrogens is 2. The topological polar surface area (TPSA) is 68.0 Å². The molecule has 128 valence electrons. The van der Waals surface area contributed by atoms with Crippen LogP contribution >= 0.6 is 11.8 Å². The van der Waals surface area contributed by atoms with Crippen LogP contribution in [0.15, 0.2) is 46.0 Å². The van der Waals surface area contributed by atoms with Gasteiger partial charge in [-0.15, -0.1) is 0 Å². The summed E-state index contributed by atoms with van der Waals surface area (Å²) in [6, 6.07) is 12.2. The number of carbonyl (C=O) groups is 1. The molecule has 2 aromatic heterocycles. The van der Waals surface area contributed by atoms with Gasteiger partial charge in [0, 0.05) is 5.69 Å². The predicted molar refractivity (Wildman–Crippen MR) is 97.5 cm³/mol. The van der Waals surface area contributed by atoms with Crippen molar-refractivity contribution >= 4 is 28.9 Å². The summed E-state index contributed by atoms with van der Waals surface area (Å²) in [6.45, 7) is 1.91. The number of pyridine rings is 1. The number of thioether (sulfide) groups is 1. The van der Waals surface area contributed by atoms with Gasteiger partial charge in [0.15, 0.2) is 11.2 Å². The molecule has 1 atom stereocenters. The van der Waals surface area contributed by atoms with E-state index < -0.39 is 0 Å². The Bertz CT molecular complexity index is 922. The van der Waals surface area contributed by atoms with Crippen molar-refractivity contribution < 1.29 is 9.21 Å². The number of carbonyl (C=O) groups excluding carboxylic acids is 1. The molecule has 5 nitrogen and oxygen atoms in total. The first kappa shape index (κ1) is 16.1. The minimum Gasteiger partial charge on any atom is -0.430 e. The van der Waals surface area contributed by atoms with Crippen LogP contribution in [-0.4, -0.2) is 21.6 Å². The van der Waals surface area contributed by atoms with E-state index in [4.69, 9.17) is 4.42 Å². The molecule has 3 aromatic rings. The number of fused-ring (bicyclic) bond motifs is 2. The second-order valence-electron chi connectivity index (χ2n) is 6.25. The van der Waals surface area contributed by atoms with E-state index in [0.29, 0.717) is 16.5 Å². The van der Waals surface area contributed by atoms with Crippen LogP contribution in [0.1, 0.15) is 35.7 Å². The van der Waals surface area contributed by atoms with Gasteiger partial charge < -0.3 is 9.73 Å². The largest absolute Gasteiger partial charge is 0.430 e. The van der Waals surface area contributed by atoms with Crippen LogP contribution in [-0.2, 0) is 11.2 Å². The van der Waals surface area contributed by atoms with E-state index in [1.807, 2.05) is 25.1 Å². The van der Waals surface area contributed by atoms with Crippen molar-refractivity contribution in [3.05, 3.63) is 53.2 Å². The molecule has 1 aliphatic carbocycles. The standard InChI is InChI=1S/C19H19N3O2S/c1-12-9-10-16-18(20-12)22-19(24-16)25-11-17(23)21-15-8-4-6-13-5-2-3-7-14(13)15/h2-3,5,7,9-10,15H,4,6,8,11H2,1H3,(H,21,23)/t15-/m1/s1. The Kier molecular flexibility index (Phi) is 4.44. The molecular weight excluding hydrogens is 334 g/mol. The Balaban J connectivity index is 1.39. The van der Waals surface area contributed by atoms with E-state index in [9.17, 15) is 4.79 Å². The van der Waals surface area contributed by atoms with E-state index >= 15 is 0 Å². The highest BCUT2D eigenvalue weighted by molar-refractivity contribution is 7.99. The van der Waals surface area contributed by atoms with Crippen molar-refractivity contribution in [3.8, 4) is 0 Å². The summed E-state index contributed by atoms with van der Waals surface area (Å²) in [5, 5.41) is 3.62. The third kappa shape index (κ3) is 3.54. The fraction of sp³-hybridized carbons (Fsp3) is 0.316. The monoisotopic (exact) mass is 353 g/mol. The zero-order valence-electron chi connectivity index (χ0n) is 14.0. The SMILES string of the molecule is Cc1ccc2oc(SCC(=O)N[C@@H]3CCCc4ccccc43)nc2n1. The number of amides is 1. The summed E-state index contributed by atoms with van der Waals surface area (Å²) in [6.07, 6.45) is 3.18. The second kappa shape index (κ2) is 6.88. The summed E-state index contributed by atoms with van der Waals surface area (Å²) in [5.41, 5.74) is 4.71. The van der Waals surface area contributed by atoms with Crippen LogP contribution < -0.4 is 5.32 Å². The first-order chi connectivity index (χ1) is 12.2. The Labute approximate surface area is 150 Å². The van der Waals surface area contributed by atoms with Gasteiger partial charge >= 0.3 is 0 Å². The third-order valence-electron chi connectivity index (χ3n) is 4.40. The Morgan fingerprint density at radius 2 is 2.16 bits per heavy atom. The maximum absolute atomic E-state index is 12.3. The second-order valence-corrected chi connectivity index (χ2v) is 7.18. The number of aryl methyl sites for hydroxylation is 2. The van der Waals surface area contributed by atoms with Gasteiger partial charge in [-0.05, 0) is 49.4 Å². The van der Waals surface area contributed by atoms with Gasteiger partial charge in [-0.25, -0.2) is 4.98 Å². The van der Waals surface area contributed by atoms with Crippen LogP contribution in [0.5, 0.6) is 0 Å². The van der Waals surface area contributed by atoms with Gasteiger partial charge in [0.25, 0.3) is 5.22 Å². The minimum absolute atomic E-state index is 0.00176. The van der Waals surface area contributed by atoms with Crippen LogP contribution in [0.2, 0.25) is 0 Å². The fourth-order valence-electron chi connectivity index (χ4n) is 3.22. The highest BCUT2D eigenvalue weighted by Crippen LogP contribution is 2.29. The molecule has 1 aliphatic rings. The summed E-state index contributed by atoms with van der Waals surface area (Å²) < 4.78 is 5.63. The Morgan fingerprint density at radius 1 is 1.28 bits per heavy atom. The number of nitrogens with one attached hydrogen (secondary N) is 1. The van der Waals surface area contributed by atoms with Gasteiger partial charge in [-0.1, -0.05) is 36.0 Å². The number of benzene rings is 1. The smallest absolute Gasteiger partial charge is 0.258 e. The van der Waals surface area contributed by atoms with Gasteiger partial charge in [-0.2, -0.15) is 4.98 Å². The number of hydrogen-bond donors (Lipinski definition) is 1. The zero-order chi connectivity index (χ0) is 17.2. The lowest BCUT2D eigenvalue weighted by molar-refractivity contribution is -0.119. The number of nitrogens with zero attached hydrogens (tertiary/aromatic N) is 2. The Morgan fingerprint density at radius 3 is 3.08 bits per heavy atom. The van der Waals surface area contributed by atoms with Crippen LogP contribution in [0.3, 0.4) is 0 Å².